The molecule has 0 saturated carbocycles. The highest BCUT2D eigenvalue weighted by Gasteiger charge is 2.34. The van der Waals surface area contributed by atoms with Gasteiger partial charge in [-0.3, -0.25) is 0 Å². The molecule has 0 aromatic heterocycles. The van der Waals surface area contributed by atoms with E-state index in [9.17, 15) is 21.6 Å². The zero-order valence-electron chi connectivity index (χ0n) is 8.00. The van der Waals surface area contributed by atoms with E-state index in [0.29, 0.717) is 13.1 Å². The molecular formula is C6H12F3N3O2S. The molecule has 0 aromatic rings. The van der Waals surface area contributed by atoms with Crippen LogP contribution in [0.1, 0.15) is 0 Å². The molecule has 0 aromatic carbocycles. The lowest BCUT2D eigenvalue weighted by Crippen LogP contribution is -2.59. The van der Waals surface area contributed by atoms with Crippen LogP contribution in [-0.4, -0.2) is 51.6 Å². The summed E-state index contributed by atoms with van der Waals surface area (Å²) in [6.07, 6.45) is -4.54. The van der Waals surface area contributed by atoms with Crippen LogP contribution in [-0.2, 0) is 10.2 Å². The van der Waals surface area contributed by atoms with Crippen molar-refractivity contribution in [2.45, 2.75) is 12.2 Å². The summed E-state index contributed by atoms with van der Waals surface area (Å²) in [6.45, 7) is -0.618. The molecule has 9 heteroatoms. The minimum absolute atomic E-state index is 0.268. The summed E-state index contributed by atoms with van der Waals surface area (Å²) in [5.41, 5.74) is 0. The molecule has 1 heterocycles. The number of nitrogens with zero attached hydrogens (tertiary/aromatic N) is 1. The Morgan fingerprint density at radius 2 is 2.00 bits per heavy atom. The van der Waals surface area contributed by atoms with Crippen LogP contribution >= 0.6 is 0 Å². The first-order valence-electron chi connectivity index (χ1n) is 4.22. The molecule has 1 fully saturated rings. The van der Waals surface area contributed by atoms with Gasteiger partial charge in [-0.05, 0) is 0 Å². The Labute approximate surface area is 85.8 Å². The van der Waals surface area contributed by atoms with Gasteiger partial charge in [0.25, 0.3) is 10.2 Å². The quantitative estimate of drug-likeness (QED) is 0.689. The minimum atomic E-state index is -4.54. The topological polar surface area (TPSA) is 61.4 Å². The molecule has 0 atom stereocenters. The first-order chi connectivity index (χ1) is 6.72. The molecule has 1 aliphatic rings. The van der Waals surface area contributed by atoms with Crippen LogP contribution in [0.2, 0.25) is 0 Å². The lowest BCUT2D eigenvalue weighted by molar-refractivity contribution is -0.121. The number of nitrogens with one attached hydrogen (secondary N) is 2. The summed E-state index contributed by atoms with van der Waals surface area (Å²) in [5, 5.41) is 2.83. The molecule has 0 spiro atoms. The van der Waals surface area contributed by atoms with Gasteiger partial charge < -0.3 is 5.32 Å². The smallest absolute Gasteiger partial charge is 0.313 e. The van der Waals surface area contributed by atoms with Gasteiger partial charge in [-0.1, -0.05) is 0 Å². The van der Waals surface area contributed by atoms with Gasteiger partial charge in [0.05, 0.1) is 6.04 Å². The monoisotopic (exact) mass is 247 g/mol. The second-order valence-electron chi connectivity index (χ2n) is 3.27. The van der Waals surface area contributed by atoms with Crippen molar-refractivity contribution in [1.82, 2.24) is 14.3 Å². The van der Waals surface area contributed by atoms with Crippen LogP contribution < -0.4 is 10.0 Å². The van der Waals surface area contributed by atoms with E-state index in [-0.39, 0.29) is 6.04 Å². The van der Waals surface area contributed by atoms with Crippen molar-refractivity contribution < 1.29 is 21.6 Å². The maximum Gasteiger partial charge on any atom is 0.402 e. The van der Waals surface area contributed by atoms with E-state index < -0.39 is 22.9 Å². The number of hydrogen-bond acceptors (Lipinski definition) is 3. The SMILES string of the molecule is CN(C1CNC1)S(=O)(=O)NCC(F)(F)F. The second kappa shape index (κ2) is 4.24. The third-order valence-corrected chi connectivity index (χ3v) is 3.67. The molecule has 0 radical (unpaired) electrons. The maximum atomic E-state index is 11.8. The highest BCUT2D eigenvalue weighted by molar-refractivity contribution is 7.87. The van der Waals surface area contributed by atoms with Crippen LogP contribution in [0, 0.1) is 0 Å². The fraction of sp³-hybridized carbons (Fsp3) is 1.00. The summed E-state index contributed by atoms with van der Waals surface area (Å²) < 4.78 is 60.4. The van der Waals surface area contributed by atoms with Crippen molar-refractivity contribution >= 4 is 10.2 Å². The Balaban J connectivity index is 2.51. The normalized spacial score (nSPS) is 19.3. The molecular weight excluding hydrogens is 235 g/mol. The zero-order valence-corrected chi connectivity index (χ0v) is 8.82. The van der Waals surface area contributed by atoms with Gasteiger partial charge in [-0.25, -0.2) is 0 Å². The number of halogens is 3. The fourth-order valence-electron chi connectivity index (χ4n) is 1.00. The maximum absolute atomic E-state index is 11.8. The van der Waals surface area contributed by atoms with Crippen LogP contribution in [0.4, 0.5) is 13.2 Å². The number of hydrogen-bond donors (Lipinski definition) is 2. The number of likely N-dealkylation sites (N-methyl/N-ethyl adjacent to an activating group) is 1. The summed E-state index contributed by atoms with van der Waals surface area (Å²) in [5.74, 6) is 0. The van der Waals surface area contributed by atoms with E-state index in [1.165, 1.54) is 11.8 Å². The molecule has 0 unspecified atom stereocenters. The molecule has 2 N–H and O–H groups in total. The van der Waals surface area contributed by atoms with Gasteiger partial charge >= 0.3 is 6.18 Å². The lowest BCUT2D eigenvalue weighted by Gasteiger charge is -2.34. The van der Waals surface area contributed by atoms with Crippen molar-refractivity contribution in [3.63, 3.8) is 0 Å². The minimum Gasteiger partial charge on any atom is -0.313 e. The molecule has 0 bridgehead atoms. The molecule has 1 rings (SSSR count). The van der Waals surface area contributed by atoms with Crippen molar-refractivity contribution in [2.24, 2.45) is 0 Å². The van der Waals surface area contributed by atoms with Gasteiger partial charge in [0.1, 0.15) is 6.54 Å². The van der Waals surface area contributed by atoms with Crippen molar-refractivity contribution in [3.05, 3.63) is 0 Å². The largest absolute Gasteiger partial charge is 0.402 e. The molecule has 1 aliphatic heterocycles. The van der Waals surface area contributed by atoms with Crippen molar-refractivity contribution in [2.75, 3.05) is 26.7 Å². The Kier molecular flexibility index (Phi) is 3.59. The average molecular weight is 247 g/mol. The van der Waals surface area contributed by atoms with Crippen LogP contribution in [0.5, 0.6) is 0 Å². The third-order valence-electron chi connectivity index (χ3n) is 2.11. The highest BCUT2D eigenvalue weighted by Crippen LogP contribution is 2.14. The summed E-state index contributed by atoms with van der Waals surface area (Å²) in [6, 6.07) is -0.268. The molecule has 1 saturated heterocycles. The molecule has 15 heavy (non-hydrogen) atoms. The first-order valence-corrected chi connectivity index (χ1v) is 5.66. The standard InChI is InChI=1S/C6H12F3N3O2S/c1-12(5-2-10-3-5)15(13,14)11-4-6(7,8)9/h5,10-11H,2-4H2,1H3. The Hall–Kier alpha value is -0.380. The number of rotatable bonds is 4. The second-order valence-corrected chi connectivity index (χ2v) is 5.08. The van der Waals surface area contributed by atoms with E-state index >= 15 is 0 Å². The zero-order chi connectivity index (χ0) is 11.7. The Morgan fingerprint density at radius 1 is 1.47 bits per heavy atom. The summed E-state index contributed by atoms with van der Waals surface area (Å²) in [7, 11) is -2.78. The molecule has 0 amide bonds. The Morgan fingerprint density at radius 3 is 2.33 bits per heavy atom. The van der Waals surface area contributed by atoms with Gasteiger partial charge in [0.15, 0.2) is 0 Å². The summed E-state index contributed by atoms with van der Waals surface area (Å²) >= 11 is 0. The number of alkyl halides is 3. The molecule has 0 aliphatic carbocycles. The molecule has 90 valence electrons. The van der Waals surface area contributed by atoms with Crippen LogP contribution in [0.25, 0.3) is 0 Å². The van der Waals surface area contributed by atoms with Gasteiger partial charge in [-0.2, -0.15) is 30.6 Å². The summed E-state index contributed by atoms with van der Waals surface area (Å²) in [4.78, 5) is 0. The first kappa shape index (κ1) is 12.7. The van der Waals surface area contributed by atoms with E-state index in [4.69, 9.17) is 0 Å². The van der Waals surface area contributed by atoms with Crippen molar-refractivity contribution in [3.8, 4) is 0 Å². The Bertz CT molecular complexity index is 312. The third kappa shape index (κ3) is 3.59. The van der Waals surface area contributed by atoms with E-state index in [1.54, 1.807) is 0 Å². The van der Waals surface area contributed by atoms with Crippen LogP contribution in [0.15, 0.2) is 0 Å². The van der Waals surface area contributed by atoms with E-state index in [1.807, 2.05) is 0 Å². The van der Waals surface area contributed by atoms with E-state index in [2.05, 4.69) is 5.32 Å². The van der Waals surface area contributed by atoms with Gasteiger partial charge in [0.2, 0.25) is 0 Å². The fourth-order valence-corrected chi connectivity index (χ4v) is 2.09. The van der Waals surface area contributed by atoms with Gasteiger partial charge in [0, 0.05) is 20.1 Å². The van der Waals surface area contributed by atoms with Crippen molar-refractivity contribution in [1.29, 1.82) is 0 Å². The van der Waals surface area contributed by atoms with Gasteiger partial charge in [-0.15, -0.1) is 0 Å². The van der Waals surface area contributed by atoms with E-state index in [0.717, 1.165) is 4.31 Å². The molecule has 5 nitrogen and oxygen atoms in total. The lowest BCUT2D eigenvalue weighted by atomic mass is 10.2. The predicted octanol–water partition coefficient (Wildman–Crippen LogP) is -0.713. The highest BCUT2D eigenvalue weighted by atomic mass is 32.2. The average Bonchev–Trinajstić information content (AvgIpc) is 1.96. The predicted molar refractivity (Wildman–Crippen MR) is 47.4 cm³/mol. The van der Waals surface area contributed by atoms with Crippen LogP contribution in [0.3, 0.4) is 0 Å².